The van der Waals surface area contributed by atoms with Gasteiger partial charge in [-0.05, 0) is 47.2 Å². The van der Waals surface area contributed by atoms with Crippen LogP contribution < -0.4 is 4.72 Å². The average molecular weight is 368 g/mol. The maximum absolute atomic E-state index is 4.13. The quantitative estimate of drug-likeness (QED) is 0.418. The van der Waals surface area contributed by atoms with Gasteiger partial charge in [0.25, 0.3) is 0 Å². The third-order valence-corrected chi connectivity index (χ3v) is 5.20. The highest BCUT2D eigenvalue weighted by atomic mass is 32.2. The van der Waals surface area contributed by atoms with Crippen molar-refractivity contribution in [2.75, 3.05) is 6.54 Å². The van der Waals surface area contributed by atoms with E-state index in [0.29, 0.717) is 11.2 Å². The first-order valence-electron chi connectivity index (χ1n) is 9.45. The Morgan fingerprint density at radius 1 is 1.04 bits per heavy atom. The van der Waals surface area contributed by atoms with E-state index in [0.717, 1.165) is 19.5 Å². The molecule has 0 atom stereocenters. The molecule has 0 bridgehead atoms. The van der Waals surface area contributed by atoms with Crippen LogP contribution in [-0.2, 0) is 13.0 Å². The molecule has 26 heavy (non-hydrogen) atoms. The molecule has 3 nitrogen and oxygen atoms in total. The van der Waals surface area contributed by atoms with Gasteiger partial charge in [-0.15, -0.1) is 0 Å². The molecule has 0 aliphatic heterocycles. The summed E-state index contributed by atoms with van der Waals surface area (Å²) in [7, 11) is 0. The van der Waals surface area contributed by atoms with E-state index in [9.17, 15) is 0 Å². The topological polar surface area (TPSA) is 29.9 Å². The van der Waals surface area contributed by atoms with E-state index in [1.54, 1.807) is 0 Å². The molecule has 0 aliphatic carbocycles. The monoisotopic (exact) mass is 367 g/mol. The van der Waals surface area contributed by atoms with Crippen LogP contribution >= 0.6 is 11.9 Å². The lowest BCUT2D eigenvalue weighted by molar-refractivity contribution is 0.534. The van der Waals surface area contributed by atoms with Crippen LogP contribution in [0.5, 0.6) is 0 Å². The summed E-state index contributed by atoms with van der Waals surface area (Å²) in [6.07, 6.45) is 7.12. The minimum absolute atomic E-state index is 0.611. The van der Waals surface area contributed by atoms with Crippen LogP contribution in [0.4, 0.5) is 0 Å². The number of pyridine rings is 1. The van der Waals surface area contributed by atoms with Gasteiger partial charge in [-0.25, -0.2) is 0 Å². The Morgan fingerprint density at radius 3 is 2.50 bits per heavy atom. The summed E-state index contributed by atoms with van der Waals surface area (Å²) in [6, 6.07) is 11.0. The van der Waals surface area contributed by atoms with Crippen LogP contribution in [0, 0.1) is 5.92 Å². The first kappa shape index (κ1) is 19.0. The summed E-state index contributed by atoms with van der Waals surface area (Å²) in [4.78, 5) is 4.13. The molecule has 3 rings (SSSR count). The molecule has 0 radical (unpaired) electrons. The summed E-state index contributed by atoms with van der Waals surface area (Å²) in [5.41, 5.74) is 5.23. The number of aromatic nitrogens is 2. The Morgan fingerprint density at radius 2 is 1.81 bits per heavy atom. The molecule has 0 aliphatic rings. The van der Waals surface area contributed by atoms with Crippen LogP contribution in [-0.4, -0.2) is 21.3 Å². The molecule has 0 spiro atoms. The van der Waals surface area contributed by atoms with E-state index in [4.69, 9.17) is 0 Å². The molecule has 138 valence electrons. The van der Waals surface area contributed by atoms with Crippen molar-refractivity contribution in [1.29, 1.82) is 0 Å². The molecule has 0 amide bonds. The van der Waals surface area contributed by atoms with Crippen LogP contribution in [0.25, 0.3) is 22.0 Å². The average Bonchev–Trinajstić information content (AvgIpc) is 2.96. The summed E-state index contributed by atoms with van der Waals surface area (Å²) in [6.45, 7) is 11.0. The van der Waals surface area contributed by atoms with Crippen LogP contribution in [0.3, 0.4) is 0 Å². The van der Waals surface area contributed by atoms with Gasteiger partial charge in [0.1, 0.15) is 0 Å². The molecule has 4 heteroatoms. The van der Waals surface area contributed by atoms with Crippen LogP contribution in [0.15, 0.2) is 48.9 Å². The SMILES string of the molecule is CC(C)Cn1cc(CCNSC(C)C)c2ccc(-c3ccncc3)cc21. The van der Waals surface area contributed by atoms with Crippen LogP contribution in [0.2, 0.25) is 0 Å². The maximum Gasteiger partial charge on any atom is 0.0489 e. The Hall–Kier alpha value is -1.78. The van der Waals surface area contributed by atoms with Crippen molar-refractivity contribution in [2.24, 2.45) is 5.92 Å². The minimum atomic E-state index is 0.611. The summed E-state index contributed by atoms with van der Waals surface area (Å²) < 4.78 is 5.91. The highest BCUT2D eigenvalue weighted by Crippen LogP contribution is 2.28. The lowest BCUT2D eigenvalue weighted by Crippen LogP contribution is -2.11. The second kappa shape index (κ2) is 8.74. The van der Waals surface area contributed by atoms with Gasteiger partial charge < -0.3 is 4.57 Å². The normalized spacial score (nSPS) is 11.8. The van der Waals surface area contributed by atoms with Crippen molar-refractivity contribution < 1.29 is 0 Å². The molecule has 0 saturated carbocycles. The Bertz CT molecular complexity index is 837. The number of benzene rings is 1. The lowest BCUT2D eigenvalue weighted by atomic mass is 10.0. The fourth-order valence-electron chi connectivity index (χ4n) is 3.25. The standard InChI is InChI=1S/C22H29N3S/c1-16(2)14-25-15-20(9-12-24-26-17(3)4)21-6-5-19(13-22(21)25)18-7-10-23-11-8-18/h5-8,10-11,13,15-17,24H,9,12,14H2,1-4H3. The molecular weight excluding hydrogens is 338 g/mol. The van der Waals surface area contributed by atoms with Crippen molar-refractivity contribution in [3.05, 3.63) is 54.5 Å². The van der Waals surface area contributed by atoms with E-state index in [2.05, 4.69) is 78.5 Å². The predicted molar refractivity (Wildman–Crippen MR) is 114 cm³/mol. The van der Waals surface area contributed by atoms with Gasteiger partial charge >= 0.3 is 0 Å². The van der Waals surface area contributed by atoms with E-state index < -0.39 is 0 Å². The third-order valence-electron chi connectivity index (χ3n) is 4.36. The van der Waals surface area contributed by atoms with Gasteiger partial charge in [-0.3, -0.25) is 9.71 Å². The second-order valence-corrected chi connectivity index (χ2v) is 8.95. The second-order valence-electron chi connectivity index (χ2n) is 7.48. The van der Waals surface area contributed by atoms with Gasteiger partial charge in [0.2, 0.25) is 0 Å². The largest absolute Gasteiger partial charge is 0.347 e. The Labute approximate surface area is 161 Å². The molecule has 2 aromatic heterocycles. The van der Waals surface area contributed by atoms with Crippen molar-refractivity contribution in [2.45, 2.75) is 45.9 Å². The van der Waals surface area contributed by atoms with Gasteiger partial charge in [0, 0.05) is 47.8 Å². The Kier molecular flexibility index (Phi) is 6.38. The summed E-state index contributed by atoms with van der Waals surface area (Å²) in [5.74, 6) is 0.623. The highest BCUT2D eigenvalue weighted by molar-refractivity contribution is 7.97. The summed E-state index contributed by atoms with van der Waals surface area (Å²) >= 11 is 1.81. The molecule has 0 saturated heterocycles. The Balaban J connectivity index is 1.91. The van der Waals surface area contributed by atoms with Gasteiger partial charge in [-0.1, -0.05) is 51.8 Å². The van der Waals surface area contributed by atoms with Crippen molar-refractivity contribution in [1.82, 2.24) is 14.3 Å². The van der Waals surface area contributed by atoms with E-state index >= 15 is 0 Å². The molecule has 3 aromatic rings. The number of fused-ring (bicyclic) bond motifs is 1. The van der Waals surface area contributed by atoms with Gasteiger partial charge in [0.05, 0.1) is 0 Å². The van der Waals surface area contributed by atoms with Gasteiger partial charge in [0.15, 0.2) is 0 Å². The van der Waals surface area contributed by atoms with Crippen molar-refractivity contribution >= 4 is 22.9 Å². The maximum atomic E-state index is 4.13. The molecule has 1 N–H and O–H groups in total. The van der Waals surface area contributed by atoms with Crippen molar-refractivity contribution in [3.63, 3.8) is 0 Å². The molecular formula is C22H29N3S. The highest BCUT2D eigenvalue weighted by Gasteiger charge is 2.11. The molecule has 2 heterocycles. The van der Waals surface area contributed by atoms with Crippen molar-refractivity contribution in [3.8, 4) is 11.1 Å². The zero-order valence-corrected chi connectivity index (χ0v) is 17.0. The third kappa shape index (κ3) is 4.68. The number of nitrogens with one attached hydrogen (secondary N) is 1. The van der Waals surface area contributed by atoms with E-state index in [1.165, 1.54) is 27.6 Å². The van der Waals surface area contributed by atoms with E-state index in [1.807, 2.05) is 24.3 Å². The number of hydrogen-bond donors (Lipinski definition) is 1. The fourth-order valence-corrected chi connectivity index (χ4v) is 3.80. The first-order chi connectivity index (χ1) is 12.5. The van der Waals surface area contributed by atoms with Crippen LogP contribution in [0.1, 0.15) is 33.3 Å². The molecule has 0 unspecified atom stereocenters. The predicted octanol–water partition coefficient (Wildman–Crippen LogP) is 5.55. The lowest BCUT2D eigenvalue weighted by Gasteiger charge is -2.09. The smallest absolute Gasteiger partial charge is 0.0489 e. The zero-order chi connectivity index (χ0) is 18.5. The van der Waals surface area contributed by atoms with E-state index in [-0.39, 0.29) is 0 Å². The number of hydrogen-bond acceptors (Lipinski definition) is 3. The fraction of sp³-hybridized carbons (Fsp3) is 0.409. The molecule has 1 aromatic carbocycles. The first-order valence-corrected chi connectivity index (χ1v) is 10.3. The molecule has 0 fully saturated rings. The summed E-state index contributed by atoms with van der Waals surface area (Å²) in [5, 5.41) is 1.99. The zero-order valence-electron chi connectivity index (χ0n) is 16.2. The minimum Gasteiger partial charge on any atom is -0.347 e. The number of nitrogens with zero attached hydrogens (tertiary/aromatic N) is 2. The van der Waals surface area contributed by atoms with Gasteiger partial charge in [-0.2, -0.15) is 0 Å². The number of rotatable bonds is 8.